The van der Waals surface area contributed by atoms with Gasteiger partial charge in [0.05, 0.1) is 16.3 Å². The van der Waals surface area contributed by atoms with Crippen molar-refractivity contribution in [3.8, 4) is 0 Å². The van der Waals surface area contributed by atoms with Gasteiger partial charge < -0.3 is 5.11 Å². The van der Waals surface area contributed by atoms with Crippen molar-refractivity contribution >= 4 is 17.6 Å². The molecule has 0 aromatic carbocycles. The van der Waals surface area contributed by atoms with Gasteiger partial charge in [-0.05, 0) is 37.2 Å². The van der Waals surface area contributed by atoms with E-state index in [9.17, 15) is 9.90 Å². The van der Waals surface area contributed by atoms with E-state index in [1.165, 1.54) is 0 Å². The van der Waals surface area contributed by atoms with Crippen LogP contribution in [0.4, 0.5) is 0 Å². The average molecular weight is 268 g/mol. The Morgan fingerprint density at radius 2 is 1.94 bits per heavy atom. The number of hydrogen-bond donors (Lipinski definition) is 1. The molecule has 4 heteroatoms. The van der Waals surface area contributed by atoms with E-state index in [0.717, 1.165) is 49.1 Å². The normalized spacial score (nSPS) is 15.3. The molecule has 0 spiro atoms. The highest BCUT2D eigenvalue weighted by Gasteiger charge is 2.24. The Morgan fingerprint density at radius 3 is 2.56 bits per heavy atom. The minimum absolute atomic E-state index is 0.143. The lowest BCUT2D eigenvalue weighted by Gasteiger charge is -2.16. The molecule has 0 saturated carbocycles. The highest BCUT2D eigenvalue weighted by atomic mass is 35.5. The van der Waals surface area contributed by atoms with E-state index in [-0.39, 0.29) is 11.5 Å². The summed E-state index contributed by atoms with van der Waals surface area (Å²) in [5, 5.41) is 9.74. The van der Waals surface area contributed by atoms with E-state index >= 15 is 0 Å². The molecule has 0 unspecified atom stereocenters. The molecule has 1 heterocycles. The zero-order valence-corrected chi connectivity index (χ0v) is 11.5. The van der Waals surface area contributed by atoms with Crippen LogP contribution in [-0.2, 0) is 12.8 Å². The molecule has 0 amide bonds. The smallest absolute Gasteiger partial charge is 0.337 e. The number of halogens is 1. The summed E-state index contributed by atoms with van der Waals surface area (Å²) < 4.78 is 0. The number of hydrogen-bond acceptors (Lipinski definition) is 2. The van der Waals surface area contributed by atoms with Crippen LogP contribution in [0.2, 0.25) is 5.02 Å². The zero-order chi connectivity index (χ0) is 13.3. The number of aryl methyl sites for hydroxylation is 1. The van der Waals surface area contributed by atoms with Gasteiger partial charge >= 0.3 is 5.97 Å². The molecule has 1 aromatic rings. The van der Waals surface area contributed by atoms with Crippen LogP contribution in [0.1, 0.15) is 66.3 Å². The lowest BCUT2D eigenvalue weighted by molar-refractivity contribution is 0.0695. The maximum Gasteiger partial charge on any atom is 0.337 e. The number of carboxylic acid groups (broad SMARTS) is 1. The topological polar surface area (TPSA) is 50.2 Å². The first kappa shape index (κ1) is 13.3. The Balaban J connectivity index is 2.67. The van der Waals surface area contributed by atoms with Crippen molar-refractivity contribution in [2.45, 2.75) is 51.9 Å². The van der Waals surface area contributed by atoms with Crippen LogP contribution in [0.5, 0.6) is 0 Å². The van der Waals surface area contributed by atoms with E-state index in [1.54, 1.807) is 0 Å². The number of aromatic carboxylic acids is 1. The van der Waals surface area contributed by atoms with Crippen molar-refractivity contribution in [2.24, 2.45) is 0 Å². The maximum atomic E-state index is 11.5. The summed E-state index contributed by atoms with van der Waals surface area (Å²) in [6.45, 7) is 3.98. The van der Waals surface area contributed by atoms with E-state index < -0.39 is 5.97 Å². The molecule has 0 aliphatic heterocycles. The second-order valence-electron chi connectivity index (χ2n) is 5.13. The number of aromatic nitrogens is 1. The molecule has 0 saturated heterocycles. The summed E-state index contributed by atoms with van der Waals surface area (Å²) in [7, 11) is 0. The molecule has 1 aliphatic rings. The van der Waals surface area contributed by atoms with Gasteiger partial charge in [-0.15, -0.1) is 0 Å². The van der Waals surface area contributed by atoms with Gasteiger partial charge in [0.2, 0.25) is 0 Å². The first-order valence-corrected chi connectivity index (χ1v) is 6.84. The molecule has 18 heavy (non-hydrogen) atoms. The summed E-state index contributed by atoms with van der Waals surface area (Å²) in [4.78, 5) is 16.1. The van der Waals surface area contributed by atoms with Crippen molar-refractivity contribution < 1.29 is 9.90 Å². The van der Waals surface area contributed by atoms with Crippen LogP contribution in [0.25, 0.3) is 0 Å². The Labute approximate surface area is 112 Å². The monoisotopic (exact) mass is 267 g/mol. The second kappa shape index (κ2) is 5.27. The fourth-order valence-corrected chi connectivity index (χ4v) is 2.97. The molecule has 1 aliphatic carbocycles. The van der Waals surface area contributed by atoms with Gasteiger partial charge in [0, 0.05) is 5.69 Å². The first-order chi connectivity index (χ1) is 8.52. The number of carboxylic acids is 1. The third-order valence-electron chi connectivity index (χ3n) is 3.45. The molecule has 1 N–H and O–H groups in total. The van der Waals surface area contributed by atoms with Gasteiger partial charge in [-0.2, -0.15) is 0 Å². The number of carbonyl (C=O) groups is 1. The van der Waals surface area contributed by atoms with E-state index in [2.05, 4.69) is 4.98 Å². The molecule has 3 nitrogen and oxygen atoms in total. The SMILES string of the molecule is CC(C)c1nc2c(c(C(=O)O)c1Cl)CCCCC2. The third kappa shape index (κ3) is 2.37. The fourth-order valence-electron chi connectivity index (χ4n) is 2.52. The molecule has 0 radical (unpaired) electrons. The number of pyridine rings is 1. The highest BCUT2D eigenvalue weighted by Crippen LogP contribution is 2.33. The van der Waals surface area contributed by atoms with Crippen molar-refractivity contribution in [3.05, 3.63) is 27.5 Å². The number of nitrogens with zero attached hydrogens (tertiary/aromatic N) is 1. The molecule has 0 fully saturated rings. The number of rotatable bonds is 2. The van der Waals surface area contributed by atoms with Crippen LogP contribution in [0, 0.1) is 0 Å². The summed E-state index contributed by atoms with van der Waals surface area (Å²) in [6, 6.07) is 0. The Kier molecular flexibility index (Phi) is 3.91. The van der Waals surface area contributed by atoms with Crippen LogP contribution < -0.4 is 0 Å². The minimum atomic E-state index is -0.928. The molecule has 98 valence electrons. The van der Waals surface area contributed by atoms with Gasteiger partial charge in [0.25, 0.3) is 0 Å². The highest BCUT2D eigenvalue weighted by molar-refractivity contribution is 6.34. The molecular formula is C14H18ClNO2. The van der Waals surface area contributed by atoms with E-state index in [4.69, 9.17) is 11.6 Å². The summed E-state index contributed by atoms with van der Waals surface area (Å²) in [5.41, 5.74) is 2.80. The van der Waals surface area contributed by atoms with Crippen LogP contribution in [0.15, 0.2) is 0 Å². The van der Waals surface area contributed by atoms with Gasteiger partial charge in [0.15, 0.2) is 0 Å². The van der Waals surface area contributed by atoms with Gasteiger partial charge in [-0.3, -0.25) is 4.98 Å². The van der Waals surface area contributed by atoms with Crippen LogP contribution in [0.3, 0.4) is 0 Å². The summed E-state index contributed by atoms with van der Waals surface area (Å²) in [6.07, 6.45) is 4.88. The summed E-state index contributed by atoms with van der Waals surface area (Å²) >= 11 is 6.25. The Morgan fingerprint density at radius 1 is 1.28 bits per heavy atom. The maximum absolute atomic E-state index is 11.5. The molecule has 0 atom stereocenters. The van der Waals surface area contributed by atoms with Crippen molar-refractivity contribution in [1.82, 2.24) is 4.98 Å². The molecular weight excluding hydrogens is 250 g/mol. The summed E-state index contributed by atoms with van der Waals surface area (Å²) in [5.74, 6) is -0.786. The zero-order valence-electron chi connectivity index (χ0n) is 10.8. The van der Waals surface area contributed by atoms with Crippen LogP contribution >= 0.6 is 11.6 Å². The average Bonchev–Trinajstić information content (AvgIpc) is 2.51. The largest absolute Gasteiger partial charge is 0.478 e. The van der Waals surface area contributed by atoms with Crippen molar-refractivity contribution in [3.63, 3.8) is 0 Å². The Hall–Kier alpha value is -1.09. The standard InChI is InChI=1S/C14H18ClNO2/c1-8(2)13-12(15)11(14(17)18)9-6-4-3-5-7-10(9)16-13/h8H,3-7H2,1-2H3,(H,17,18). The number of fused-ring (bicyclic) bond motifs is 1. The predicted octanol–water partition coefficient (Wildman–Crippen LogP) is 3.83. The van der Waals surface area contributed by atoms with E-state index in [0.29, 0.717) is 5.02 Å². The lowest BCUT2D eigenvalue weighted by Crippen LogP contribution is -2.12. The first-order valence-electron chi connectivity index (χ1n) is 6.46. The van der Waals surface area contributed by atoms with Crippen molar-refractivity contribution in [1.29, 1.82) is 0 Å². The molecule has 2 rings (SSSR count). The van der Waals surface area contributed by atoms with Gasteiger partial charge in [0.1, 0.15) is 0 Å². The predicted molar refractivity (Wildman–Crippen MR) is 71.6 cm³/mol. The van der Waals surface area contributed by atoms with Crippen LogP contribution in [-0.4, -0.2) is 16.1 Å². The lowest BCUT2D eigenvalue weighted by atomic mass is 9.97. The van der Waals surface area contributed by atoms with Crippen molar-refractivity contribution in [2.75, 3.05) is 0 Å². The van der Waals surface area contributed by atoms with Gasteiger partial charge in [-0.25, -0.2) is 4.79 Å². The third-order valence-corrected chi connectivity index (χ3v) is 3.83. The minimum Gasteiger partial charge on any atom is -0.478 e. The molecule has 1 aromatic heterocycles. The molecule has 0 bridgehead atoms. The quantitative estimate of drug-likeness (QED) is 0.829. The van der Waals surface area contributed by atoms with E-state index in [1.807, 2.05) is 13.8 Å². The second-order valence-corrected chi connectivity index (χ2v) is 5.51. The fraction of sp³-hybridized carbons (Fsp3) is 0.571. The van der Waals surface area contributed by atoms with Gasteiger partial charge in [-0.1, -0.05) is 31.9 Å². The Bertz CT molecular complexity index is 483.